The fourth-order valence-corrected chi connectivity index (χ4v) is 3.51. The minimum absolute atomic E-state index is 0. The first-order chi connectivity index (χ1) is 8.40. The molecule has 2 aliphatic heterocycles. The number of nitrogens with one attached hydrogen (secondary N) is 1. The third-order valence-electron chi connectivity index (χ3n) is 4.75. The number of halogens is 1. The fraction of sp³-hybridized carbons (Fsp3) is 1.00. The number of likely N-dealkylation sites (tertiary alicyclic amines) is 1. The molecule has 1 atom stereocenters. The molecule has 0 amide bonds. The van der Waals surface area contributed by atoms with E-state index in [1.54, 1.807) is 0 Å². The highest BCUT2D eigenvalue weighted by Gasteiger charge is 2.21. The molecule has 2 aliphatic rings. The lowest BCUT2D eigenvalue weighted by atomic mass is 9.94. The second kappa shape index (κ2) is 9.17. The van der Waals surface area contributed by atoms with Crippen LogP contribution in [0, 0.1) is 5.92 Å². The van der Waals surface area contributed by atoms with Crippen LogP contribution < -0.4 is 5.32 Å². The van der Waals surface area contributed by atoms with Gasteiger partial charge in [0.1, 0.15) is 0 Å². The molecule has 2 fully saturated rings. The van der Waals surface area contributed by atoms with Gasteiger partial charge in [-0.1, -0.05) is 19.8 Å². The highest BCUT2D eigenvalue weighted by Crippen LogP contribution is 2.22. The topological polar surface area (TPSA) is 15.3 Å². The van der Waals surface area contributed by atoms with E-state index in [0.29, 0.717) is 0 Å². The molecule has 0 aromatic rings. The Hall–Kier alpha value is 0.210. The van der Waals surface area contributed by atoms with Crippen molar-refractivity contribution in [2.45, 2.75) is 64.3 Å². The van der Waals surface area contributed by atoms with Crippen LogP contribution in [0.2, 0.25) is 0 Å². The first kappa shape index (κ1) is 16.3. The number of piperidine rings is 1. The van der Waals surface area contributed by atoms with Crippen LogP contribution >= 0.6 is 12.4 Å². The summed E-state index contributed by atoms with van der Waals surface area (Å²) in [6, 6.07) is 0.888. The van der Waals surface area contributed by atoms with E-state index < -0.39 is 0 Å². The third kappa shape index (κ3) is 5.07. The van der Waals surface area contributed by atoms with E-state index in [0.717, 1.165) is 12.0 Å². The predicted molar refractivity (Wildman–Crippen MR) is 81.6 cm³/mol. The first-order valence-electron chi connectivity index (χ1n) is 7.85. The Morgan fingerprint density at radius 3 is 2.56 bits per heavy atom. The summed E-state index contributed by atoms with van der Waals surface area (Å²) in [5, 5.41) is 3.47. The van der Waals surface area contributed by atoms with E-state index in [4.69, 9.17) is 0 Å². The van der Waals surface area contributed by atoms with E-state index >= 15 is 0 Å². The van der Waals surface area contributed by atoms with Gasteiger partial charge in [-0.05, 0) is 70.6 Å². The number of rotatable bonds is 4. The molecule has 0 aromatic carbocycles. The Morgan fingerprint density at radius 2 is 1.83 bits per heavy atom. The SMILES string of the molecule is CCC1CCCCCN1CCC1CCNCC1.Cl. The summed E-state index contributed by atoms with van der Waals surface area (Å²) in [6.07, 6.45) is 11.4. The van der Waals surface area contributed by atoms with E-state index in [1.807, 2.05) is 0 Å². The average Bonchev–Trinajstić information content (AvgIpc) is 2.62. The highest BCUT2D eigenvalue weighted by atomic mass is 35.5. The standard InChI is InChI=1S/C15H30N2.ClH/c1-2-15-6-4-3-5-12-17(15)13-9-14-7-10-16-11-8-14;/h14-16H,2-13H2,1H3;1H. The summed E-state index contributed by atoms with van der Waals surface area (Å²) < 4.78 is 0. The van der Waals surface area contributed by atoms with Crippen molar-refractivity contribution in [2.24, 2.45) is 5.92 Å². The van der Waals surface area contributed by atoms with Gasteiger partial charge in [0.2, 0.25) is 0 Å². The molecule has 1 unspecified atom stereocenters. The Morgan fingerprint density at radius 1 is 1.06 bits per heavy atom. The summed E-state index contributed by atoms with van der Waals surface area (Å²) in [5.41, 5.74) is 0. The molecule has 0 radical (unpaired) electrons. The molecular weight excluding hydrogens is 244 g/mol. The molecule has 0 spiro atoms. The van der Waals surface area contributed by atoms with Crippen LogP contribution in [-0.2, 0) is 0 Å². The van der Waals surface area contributed by atoms with Crippen LogP contribution in [0.1, 0.15) is 58.3 Å². The van der Waals surface area contributed by atoms with Gasteiger partial charge in [-0.3, -0.25) is 0 Å². The summed E-state index contributed by atoms with van der Waals surface area (Å²) in [6.45, 7) is 7.60. The zero-order chi connectivity index (χ0) is 11.9. The maximum atomic E-state index is 3.47. The molecule has 0 saturated carbocycles. The molecule has 2 saturated heterocycles. The molecule has 0 aliphatic carbocycles. The van der Waals surface area contributed by atoms with E-state index in [-0.39, 0.29) is 12.4 Å². The van der Waals surface area contributed by atoms with Gasteiger partial charge in [-0.15, -0.1) is 12.4 Å². The van der Waals surface area contributed by atoms with Gasteiger partial charge < -0.3 is 10.2 Å². The summed E-state index contributed by atoms with van der Waals surface area (Å²) in [4.78, 5) is 2.80. The van der Waals surface area contributed by atoms with Crippen molar-refractivity contribution < 1.29 is 0 Å². The van der Waals surface area contributed by atoms with Crippen molar-refractivity contribution in [3.8, 4) is 0 Å². The van der Waals surface area contributed by atoms with Crippen LogP contribution in [0.4, 0.5) is 0 Å². The van der Waals surface area contributed by atoms with Gasteiger partial charge in [0.15, 0.2) is 0 Å². The molecule has 2 nitrogen and oxygen atoms in total. The van der Waals surface area contributed by atoms with Crippen molar-refractivity contribution in [3.05, 3.63) is 0 Å². The maximum Gasteiger partial charge on any atom is 0.00926 e. The van der Waals surface area contributed by atoms with Crippen LogP contribution in [-0.4, -0.2) is 37.1 Å². The zero-order valence-electron chi connectivity index (χ0n) is 12.0. The monoisotopic (exact) mass is 274 g/mol. The predicted octanol–water partition coefficient (Wildman–Crippen LogP) is 3.45. The van der Waals surface area contributed by atoms with Crippen molar-refractivity contribution >= 4 is 12.4 Å². The van der Waals surface area contributed by atoms with Crippen molar-refractivity contribution in [1.82, 2.24) is 10.2 Å². The Balaban J connectivity index is 0.00000162. The second-order valence-corrected chi connectivity index (χ2v) is 5.93. The molecule has 2 rings (SSSR count). The molecule has 2 heterocycles. The van der Waals surface area contributed by atoms with Gasteiger partial charge in [0.25, 0.3) is 0 Å². The molecule has 18 heavy (non-hydrogen) atoms. The van der Waals surface area contributed by atoms with Gasteiger partial charge in [0.05, 0.1) is 0 Å². The summed E-state index contributed by atoms with van der Waals surface area (Å²) in [7, 11) is 0. The fourth-order valence-electron chi connectivity index (χ4n) is 3.51. The van der Waals surface area contributed by atoms with Crippen LogP contribution in [0.25, 0.3) is 0 Å². The van der Waals surface area contributed by atoms with Crippen molar-refractivity contribution in [1.29, 1.82) is 0 Å². The van der Waals surface area contributed by atoms with Crippen molar-refractivity contribution in [3.63, 3.8) is 0 Å². The molecular formula is C15H31ClN2. The van der Waals surface area contributed by atoms with Gasteiger partial charge in [0, 0.05) is 6.04 Å². The van der Waals surface area contributed by atoms with E-state index in [2.05, 4.69) is 17.1 Å². The third-order valence-corrected chi connectivity index (χ3v) is 4.75. The van der Waals surface area contributed by atoms with Crippen LogP contribution in [0.15, 0.2) is 0 Å². The minimum atomic E-state index is 0. The maximum absolute atomic E-state index is 3.47. The normalized spacial score (nSPS) is 27.5. The highest BCUT2D eigenvalue weighted by molar-refractivity contribution is 5.85. The van der Waals surface area contributed by atoms with Gasteiger partial charge in [-0.25, -0.2) is 0 Å². The Bertz CT molecular complexity index is 205. The minimum Gasteiger partial charge on any atom is -0.317 e. The lowest BCUT2D eigenvalue weighted by Crippen LogP contribution is -2.37. The average molecular weight is 275 g/mol. The molecule has 3 heteroatoms. The zero-order valence-corrected chi connectivity index (χ0v) is 12.8. The molecule has 1 N–H and O–H groups in total. The van der Waals surface area contributed by atoms with Gasteiger partial charge in [-0.2, -0.15) is 0 Å². The van der Waals surface area contributed by atoms with E-state index in [1.165, 1.54) is 77.5 Å². The van der Waals surface area contributed by atoms with Crippen LogP contribution in [0.5, 0.6) is 0 Å². The van der Waals surface area contributed by atoms with Gasteiger partial charge >= 0.3 is 0 Å². The largest absolute Gasteiger partial charge is 0.317 e. The number of hydrogen-bond acceptors (Lipinski definition) is 2. The Kier molecular flexibility index (Phi) is 8.28. The molecule has 108 valence electrons. The second-order valence-electron chi connectivity index (χ2n) is 5.93. The number of nitrogens with zero attached hydrogens (tertiary/aromatic N) is 1. The molecule has 0 aromatic heterocycles. The van der Waals surface area contributed by atoms with Crippen LogP contribution in [0.3, 0.4) is 0 Å². The summed E-state index contributed by atoms with van der Waals surface area (Å²) in [5.74, 6) is 0.997. The Labute approximate surface area is 119 Å². The van der Waals surface area contributed by atoms with E-state index in [9.17, 15) is 0 Å². The first-order valence-corrected chi connectivity index (χ1v) is 7.85. The smallest absolute Gasteiger partial charge is 0.00926 e. The molecule has 0 bridgehead atoms. The number of hydrogen-bond donors (Lipinski definition) is 1. The lowest BCUT2D eigenvalue weighted by molar-refractivity contribution is 0.174. The van der Waals surface area contributed by atoms with Crippen molar-refractivity contribution in [2.75, 3.05) is 26.2 Å². The summed E-state index contributed by atoms with van der Waals surface area (Å²) >= 11 is 0. The lowest BCUT2D eigenvalue weighted by Gasteiger charge is -2.31. The quantitative estimate of drug-likeness (QED) is 0.845.